The van der Waals surface area contributed by atoms with Gasteiger partial charge in [-0.05, 0) is 101 Å². The van der Waals surface area contributed by atoms with E-state index in [0.29, 0.717) is 5.65 Å². The van der Waals surface area contributed by atoms with Crippen molar-refractivity contribution < 1.29 is 39.4 Å². The first-order valence-electron chi connectivity index (χ1n) is 8.90. The van der Waals surface area contributed by atoms with Gasteiger partial charge in [0, 0.05) is 52.1 Å². The maximum atomic E-state index is 12.7. The number of benzene rings is 1. The van der Waals surface area contributed by atoms with Crippen molar-refractivity contribution in [1.29, 1.82) is 0 Å². The monoisotopic (exact) mass is 807 g/mol. The predicted octanol–water partition coefficient (Wildman–Crippen LogP) is 3.93. The van der Waals surface area contributed by atoms with Crippen LogP contribution in [0.25, 0.3) is 14.6 Å². The molecule has 0 fully saturated rings. The Morgan fingerprint density at radius 2 is 1.66 bits per heavy atom. The van der Waals surface area contributed by atoms with E-state index in [1.54, 1.807) is 42.7 Å². The molecule has 5 nitrogen and oxygen atoms in total. The van der Waals surface area contributed by atoms with E-state index in [0.717, 1.165) is 24.3 Å². The molecule has 1 aliphatic carbocycles. The number of allylic oxidation sites excluding steroid dienone is 1. The number of pyridine rings is 2. The molecule has 32 heavy (non-hydrogen) atoms. The van der Waals surface area contributed by atoms with E-state index in [-0.39, 0.29) is 35.9 Å². The first-order chi connectivity index (χ1) is 14.8. The van der Waals surface area contributed by atoms with E-state index in [2.05, 4.69) is 99.2 Å². The van der Waals surface area contributed by atoms with Crippen LogP contribution in [-0.2, 0) is 16.4 Å². The van der Waals surface area contributed by atoms with Gasteiger partial charge in [0.05, 0.1) is 10.6 Å². The van der Waals surface area contributed by atoms with E-state index in [1.165, 1.54) is 18.8 Å². The van der Waals surface area contributed by atoms with Gasteiger partial charge in [-0.1, -0.05) is 24.3 Å². The minimum absolute atomic E-state index is 0. The number of aromatic nitrogens is 3. The summed E-state index contributed by atoms with van der Waals surface area (Å²) in [6.45, 7) is 0. The van der Waals surface area contributed by atoms with Crippen molar-refractivity contribution in [3.8, 4) is 0 Å². The molecule has 0 unspecified atom stereocenters. The Labute approximate surface area is 253 Å². The fourth-order valence-corrected chi connectivity index (χ4v) is 6.60. The Morgan fingerprint density at radius 3 is 2.38 bits per heavy atom. The van der Waals surface area contributed by atoms with Gasteiger partial charge in [-0.25, -0.2) is 17.4 Å². The topological polar surface area (TPSA) is 64.8 Å². The van der Waals surface area contributed by atoms with Gasteiger partial charge in [0.1, 0.15) is 0 Å². The molecule has 0 saturated heterocycles. The molecule has 1 aromatic carbocycles. The molecule has 5 rings (SSSR count). The number of halogens is 4. The summed E-state index contributed by atoms with van der Waals surface area (Å²) in [7, 11) is -3.62. The number of rotatable bonds is 2. The molecule has 11 heteroatoms. The minimum Gasteiger partial charge on any atom is -1.00 e. The van der Waals surface area contributed by atoms with Gasteiger partial charge in [-0.2, -0.15) is 0 Å². The van der Waals surface area contributed by atoms with Crippen molar-refractivity contribution in [3.05, 3.63) is 90.9 Å². The molecule has 0 saturated carbocycles. The maximum absolute atomic E-state index is 12.7. The Hall–Kier alpha value is 0.170. The molecule has 0 aliphatic heterocycles. The van der Waals surface area contributed by atoms with E-state index >= 15 is 0 Å². The van der Waals surface area contributed by atoms with Crippen LogP contribution in [0, 0.1) is 3.57 Å². The molecule has 0 amide bonds. The smallest absolute Gasteiger partial charge is 1.00 e. The maximum Gasteiger partial charge on any atom is 1.00 e. The third-order valence-corrected chi connectivity index (χ3v) is 8.91. The van der Waals surface area contributed by atoms with Gasteiger partial charge >= 0.3 is 29.6 Å². The second kappa shape index (κ2) is 11.3. The van der Waals surface area contributed by atoms with Gasteiger partial charge in [0.15, 0.2) is 5.65 Å². The second-order valence-electron chi connectivity index (χ2n) is 6.52. The molecular weight excluding hydrogens is 795 g/mol. The molecule has 3 aromatic heterocycles. The van der Waals surface area contributed by atoms with E-state index < -0.39 is 10.0 Å². The molecule has 0 spiro atoms. The van der Waals surface area contributed by atoms with Gasteiger partial charge < -0.3 is 1.43 Å². The zero-order valence-corrected chi connectivity index (χ0v) is 26.9. The van der Waals surface area contributed by atoms with Crippen LogP contribution in [0.3, 0.4) is 0 Å². The fourth-order valence-electron chi connectivity index (χ4n) is 3.04. The minimum atomic E-state index is -3.62. The molecule has 0 radical (unpaired) electrons. The first kappa shape index (κ1) is 26.8. The molecule has 0 atom stereocenters. The van der Waals surface area contributed by atoms with Gasteiger partial charge in [0.2, 0.25) is 0 Å². The average Bonchev–Trinajstić information content (AvgIpc) is 3.29. The number of nitrogens with zero attached hydrogens (tertiary/aromatic N) is 3. The normalized spacial score (nSPS) is 12.4. The van der Waals surface area contributed by atoms with Crippen LogP contribution in [0.4, 0.5) is 0 Å². The largest absolute Gasteiger partial charge is 1.00 e. The third kappa shape index (κ3) is 5.69. The Kier molecular flexibility index (Phi) is 9.43. The Bertz CT molecular complexity index is 1430. The zero-order chi connectivity index (χ0) is 22.2. The quantitative estimate of drug-likeness (QED) is 0.228. The van der Waals surface area contributed by atoms with E-state index in [1.807, 2.05) is 12.3 Å². The van der Waals surface area contributed by atoms with Crippen molar-refractivity contribution in [2.45, 2.75) is 11.3 Å². The number of hydrogen-bond donors (Lipinski definition) is 0. The van der Waals surface area contributed by atoms with E-state index in [9.17, 15) is 8.42 Å². The van der Waals surface area contributed by atoms with Crippen LogP contribution in [0.1, 0.15) is 12.7 Å². The van der Waals surface area contributed by atoms with Crippen molar-refractivity contribution in [1.82, 2.24) is 13.9 Å². The van der Waals surface area contributed by atoms with Crippen molar-refractivity contribution in [3.63, 3.8) is 0 Å². The summed E-state index contributed by atoms with van der Waals surface area (Å²) < 4.78 is 30.6. The van der Waals surface area contributed by atoms with E-state index in [4.69, 9.17) is 0 Å². The van der Waals surface area contributed by atoms with Crippen LogP contribution < -0.4 is 29.6 Å². The van der Waals surface area contributed by atoms with Crippen molar-refractivity contribution >= 4 is 102 Å². The summed E-state index contributed by atoms with van der Waals surface area (Å²) in [6.07, 6.45) is 8.22. The summed E-state index contributed by atoms with van der Waals surface area (Å²) in [5, 5.41) is 0.805. The van der Waals surface area contributed by atoms with Crippen molar-refractivity contribution in [2.75, 3.05) is 0 Å². The molecule has 0 N–H and O–H groups in total. The Balaban J connectivity index is 0.000000254. The summed E-state index contributed by atoms with van der Waals surface area (Å²) >= 11 is 11.2. The molecule has 4 aromatic rings. The second-order valence-corrected chi connectivity index (χ2v) is 12.5. The first-order valence-corrected chi connectivity index (χ1v) is 14.1. The summed E-state index contributed by atoms with van der Waals surface area (Å²) in [4.78, 5) is 8.78. The van der Waals surface area contributed by atoms with Crippen LogP contribution in [-0.4, -0.2) is 22.4 Å². The molecule has 160 valence electrons. The summed E-state index contributed by atoms with van der Waals surface area (Å²) in [6, 6.07) is 12.3. The van der Waals surface area contributed by atoms with Crippen LogP contribution in [0.5, 0.6) is 0 Å². The van der Waals surface area contributed by atoms with Crippen LogP contribution in [0.2, 0.25) is 0 Å². The van der Waals surface area contributed by atoms with Crippen molar-refractivity contribution in [2.24, 2.45) is 0 Å². The summed E-state index contributed by atoms with van der Waals surface area (Å²) in [5.74, 6) is 0. The fraction of sp³-hybridized carbons (Fsp3) is 0.0476. The predicted molar refractivity (Wildman–Crippen MR) is 148 cm³/mol. The SMILES string of the molecule is Brc1cnc2c(c1)C(I)=CC2.O=S(=O)(c1ccccc1)n1cc(I)c2cc(Br)cnc21.[H-].[Na+]. The standard InChI is InChI=1S/C13H8BrIN2O2S.C8H5BrIN.Na.H/c14-9-6-11-12(15)8-17(13(11)16-7-9)20(18,19)10-4-2-1-3-5-10;9-5-3-6-7(10)1-2-8(6)11-4-5;;/h1-8H;1,3-4H,2H2;;/q;;+1;-1. The molecule has 0 bridgehead atoms. The summed E-state index contributed by atoms with van der Waals surface area (Å²) in [5.41, 5.74) is 2.90. The Morgan fingerprint density at radius 1 is 1.00 bits per heavy atom. The van der Waals surface area contributed by atoms with Crippen LogP contribution in [0.15, 0.2) is 81.0 Å². The third-order valence-electron chi connectivity index (χ3n) is 4.50. The molecular formula is C21H14Br2I2N3NaO2S. The zero-order valence-electron chi connectivity index (χ0n) is 17.6. The molecule has 1 aliphatic rings. The van der Waals surface area contributed by atoms with Crippen LogP contribution >= 0.6 is 77.0 Å². The average molecular weight is 809 g/mol. The number of hydrogen-bond acceptors (Lipinski definition) is 4. The number of fused-ring (bicyclic) bond motifs is 2. The van der Waals surface area contributed by atoms with Gasteiger partial charge in [-0.15, -0.1) is 0 Å². The van der Waals surface area contributed by atoms with Gasteiger partial charge in [-0.3, -0.25) is 4.98 Å². The van der Waals surface area contributed by atoms with Gasteiger partial charge in [0.25, 0.3) is 10.0 Å². The molecule has 3 heterocycles.